The van der Waals surface area contributed by atoms with E-state index in [2.05, 4.69) is 26.8 Å². The minimum absolute atomic E-state index is 0.0981. The fraction of sp³-hybridized carbons (Fsp3) is 0.769. The van der Waals surface area contributed by atoms with Gasteiger partial charge >= 0.3 is 6.16 Å². The Kier molecular flexibility index (Phi) is 2.72. The molecule has 90 valence electrons. The maximum absolute atomic E-state index is 11.3. The van der Waals surface area contributed by atoms with Gasteiger partial charge in [0.05, 0.1) is 6.61 Å². The number of hydrogen-bond donors (Lipinski definition) is 0. The van der Waals surface area contributed by atoms with Crippen LogP contribution in [0.4, 0.5) is 4.79 Å². The Labute approximate surface area is 96.8 Å². The molecule has 0 N–H and O–H groups in total. The first kappa shape index (κ1) is 11.5. The van der Waals surface area contributed by atoms with E-state index in [0.29, 0.717) is 18.4 Å². The maximum Gasteiger partial charge on any atom is 0.508 e. The van der Waals surface area contributed by atoms with Crippen molar-refractivity contribution in [1.82, 2.24) is 0 Å². The summed E-state index contributed by atoms with van der Waals surface area (Å²) in [5, 5.41) is 0. The van der Waals surface area contributed by atoms with Crippen LogP contribution in [0.15, 0.2) is 11.6 Å². The lowest BCUT2D eigenvalue weighted by Gasteiger charge is -2.58. The van der Waals surface area contributed by atoms with Gasteiger partial charge in [-0.1, -0.05) is 19.4 Å². The molecule has 3 atom stereocenters. The van der Waals surface area contributed by atoms with E-state index in [1.807, 2.05) is 0 Å². The summed E-state index contributed by atoms with van der Waals surface area (Å²) in [5.74, 6) is 1.12. The highest BCUT2D eigenvalue weighted by atomic mass is 16.7. The van der Waals surface area contributed by atoms with Crippen LogP contribution >= 0.6 is 0 Å². The molecule has 0 spiro atoms. The van der Waals surface area contributed by atoms with Crippen LogP contribution in [-0.2, 0) is 9.47 Å². The molecule has 16 heavy (non-hydrogen) atoms. The molecule has 1 saturated carbocycles. The summed E-state index contributed by atoms with van der Waals surface area (Å²) in [6.45, 7) is 8.79. The van der Waals surface area contributed by atoms with E-state index in [4.69, 9.17) is 9.47 Å². The molecular weight excluding hydrogens is 204 g/mol. The maximum atomic E-state index is 11.3. The predicted octanol–water partition coefficient (Wildman–Crippen LogP) is 3.15. The molecule has 0 unspecified atom stereocenters. The third-order valence-electron chi connectivity index (χ3n) is 4.21. The van der Waals surface area contributed by atoms with E-state index in [1.54, 1.807) is 6.92 Å². The largest absolute Gasteiger partial charge is 0.508 e. The van der Waals surface area contributed by atoms with Gasteiger partial charge in [0.2, 0.25) is 0 Å². The Hall–Kier alpha value is -0.990. The number of fused-ring (bicyclic) bond motifs is 1. The van der Waals surface area contributed by atoms with Crippen molar-refractivity contribution in [3.63, 3.8) is 0 Å². The van der Waals surface area contributed by atoms with E-state index in [-0.39, 0.29) is 11.5 Å². The molecule has 0 radical (unpaired) electrons. The van der Waals surface area contributed by atoms with Crippen molar-refractivity contribution < 1.29 is 14.3 Å². The molecule has 3 nitrogen and oxygen atoms in total. The molecule has 3 rings (SSSR count). The molecular formula is C13H20O3. The number of carbonyl (C=O) groups excluding carboxylic acids is 1. The van der Waals surface area contributed by atoms with Gasteiger partial charge in [-0.15, -0.1) is 0 Å². The number of ether oxygens (including phenoxy) is 2. The van der Waals surface area contributed by atoms with E-state index >= 15 is 0 Å². The Balaban J connectivity index is 2.06. The van der Waals surface area contributed by atoms with Crippen LogP contribution in [0, 0.1) is 17.3 Å². The highest BCUT2D eigenvalue weighted by molar-refractivity contribution is 5.60. The predicted molar refractivity (Wildman–Crippen MR) is 61.0 cm³/mol. The second-order valence-electron chi connectivity index (χ2n) is 5.39. The van der Waals surface area contributed by atoms with Gasteiger partial charge in [0.25, 0.3) is 0 Å². The minimum atomic E-state index is -0.544. The Bertz CT molecular complexity index is 330. The van der Waals surface area contributed by atoms with Crippen molar-refractivity contribution >= 4 is 6.16 Å². The van der Waals surface area contributed by atoms with E-state index in [0.717, 1.165) is 6.42 Å². The molecule has 3 heteroatoms. The van der Waals surface area contributed by atoms with Crippen LogP contribution in [-0.4, -0.2) is 18.9 Å². The molecule has 0 aliphatic heterocycles. The van der Waals surface area contributed by atoms with Gasteiger partial charge < -0.3 is 9.47 Å². The molecule has 3 aliphatic rings. The van der Waals surface area contributed by atoms with Crippen LogP contribution in [0.2, 0.25) is 0 Å². The summed E-state index contributed by atoms with van der Waals surface area (Å²) in [5.41, 5.74) is 1.61. The van der Waals surface area contributed by atoms with Gasteiger partial charge in [-0.3, -0.25) is 0 Å². The summed E-state index contributed by atoms with van der Waals surface area (Å²) in [7, 11) is 0. The van der Waals surface area contributed by atoms with Crippen molar-refractivity contribution in [2.45, 2.75) is 40.2 Å². The monoisotopic (exact) mass is 224 g/mol. The van der Waals surface area contributed by atoms with Crippen LogP contribution in [0.1, 0.15) is 34.1 Å². The average molecular weight is 224 g/mol. The summed E-state index contributed by atoms with van der Waals surface area (Å²) in [6.07, 6.45) is 2.58. The zero-order valence-corrected chi connectivity index (χ0v) is 10.4. The Morgan fingerprint density at radius 3 is 2.75 bits per heavy atom. The second-order valence-corrected chi connectivity index (χ2v) is 5.39. The first-order chi connectivity index (χ1) is 7.46. The molecule has 0 aromatic rings. The molecule has 3 aliphatic carbocycles. The molecule has 0 amide bonds. The van der Waals surface area contributed by atoms with Crippen molar-refractivity contribution in [1.29, 1.82) is 0 Å². The normalized spacial score (nSPS) is 34.8. The number of hydrogen-bond acceptors (Lipinski definition) is 3. The minimum Gasteiger partial charge on any atom is -0.435 e. The van der Waals surface area contributed by atoms with Crippen LogP contribution in [0.25, 0.3) is 0 Å². The van der Waals surface area contributed by atoms with Crippen LogP contribution < -0.4 is 0 Å². The summed E-state index contributed by atoms with van der Waals surface area (Å²) >= 11 is 0. The van der Waals surface area contributed by atoms with E-state index < -0.39 is 6.16 Å². The Morgan fingerprint density at radius 1 is 1.56 bits per heavy atom. The third kappa shape index (κ3) is 1.62. The van der Waals surface area contributed by atoms with Gasteiger partial charge in [-0.05, 0) is 37.7 Å². The average Bonchev–Trinajstić information content (AvgIpc) is 2.16. The molecule has 2 bridgehead atoms. The number of carbonyl (C=O) groups is 1. The molecule has 0 saturated heterocycles. The highest BCUT2D eigenvalue weighted by Crippen LogP contribution is 2.59. The molecule has 1 fully saturated rings. The van der Waals surface area contributed by atoms with Crippen molar-refractivity contribution in [2.75, 3.05) is 6.61 Å². The van der Waals surface area contributed by atoms with Gasteiger partial charge in [0, 0.05) is 5.92 Å². The zero-order valence-electron chi connectivity index (χ0n) is 10.4. The smallest absolute Gasteiger partial charge is 0.435 e. The molecule has 0 aromatic heterocycles. The van der Waals surface area contributed by atoms with Gasteiger partial charge in [0.15, 0.2) is 0 Å². The van der Waals surface area contributed by atoms with Crippen molar-refractivity contribution in [3.05, 3.63) is 11.6 Å². The van der Waals surface area contributed by atoms with Crippen LogP contribution in [0.3, 0.4) is 0 Å². The van der Waals surface area contributed by atoms with E-state index in [1.165, 1.54) is 5.57 Å². The summed E-state index contributed by atoms with van der Waals surface area (Å²) in [4.78, 5) is 11.3. The third-order valence-corrected chi connectivity index (χ3v) is 4.21. The van der Waals surface area contributed by atoms with E-state index in [9.17, 15) is 4.79 Å². The first-order valence-corrected chi connectivity index (χ1v) is 5.98. The fourth-order valence-corrected chi connectivity index (χ4v) is 3.16. The highest BCUT2D eigenvalue weighted by Gasteiger charge is 2.55. The first-order valence-electron chi connectivity index (χ1n) is 5.98. The van der Waals surface area contributed by atoms with Crippen LogP contribution in [0.5, 0.6) is 0 Å². The number of allylic oxidation sites excluding steroid dienone is 1. The van der Waals surface area contributed by atoms with Gasteiger partial charge in [-0.2, -0.15) is 0 Å². The zero-order chi connectivity index (χ0) is 11.9. The van der Waals surface area contributed by atoms with Crippen molar-refractivity contribution in [2.24, 2.45) is 17.3 Å². The quantitative estimate of drug-likeness (QED) is 0.534. The second kappa shape index (κ2) is 3.79. The summed E-state index contributed by atoms with van der Waals surface area (Å²) < 4.78 is 10.2. The standard InChI is InChI=1S/C13H20O3/c1-5-15-12(14)16-11-6-8(2)9-7-10(11)13(9,3)4/h6,9-11H,5,7H2,1-4H3/t9-,10+,11-/m0/s1. The molecule has 0 heterocycles. The SMILES string of the molecule is CCOC(=O)O[C@H]1C=C(C)[C@@H]2C[C@H]1C2(C)C. The summed E-state index contributed by atoms with van der Waals surface area (Å²) in [6, 6.07) is 0. The number of rotatable bonds is 2. The molecule has 0 aromatic carbocycles. The lowest BCUT2D eigenvalue weighted by atomic mass is 9.48. The topological polar surface area (TPSA) is 35.5 Å². The fourth-order valence-electron chi connectivity index (χ4n) is 3.16. The lowest BCUT2D eigenvalue weighted by molar-refractivity contribution is -0.0916. The lowest BCUT2D eigenvalue weighted by Crippen LogP contribution is -2.54. The van der Waals surface area contributed by atoms with Gasteiger partial charge in [-0.25, -0.2) is 4.79 Å². The Morgan fingerprint density at radius 2 is 2.25 bits per heavy atom. The van der Waals surface area contributed by atoms with Gasteiger partial charge in [0.1, 0.15) is 6.10 Å². The van der Waals surface area contributed by atoms with Crippen molar-refractivity contribution in [3.8, 4) is 0 Å².